The van der Waals surface area contributed by atoms with Gasteiger partial charge in [-0.15, -0.1) is 0 Å². The van der Waals surface area contributed by atoms with Crippen molar-refractivity contribution in [1.29, 1.82) is 0 Å². The van der Waals surface area contributed by atoms with Crippen LogP contribution in [0.5, 0.6) is 0 Å². The summed E-state index contributed by atoms with van der Waals surface area (Å²) in [5, 5.41) is 39.0. The number of benzene rings is 4. The molecule has 4 aliphatic heterocycles. The number of fused-ring (bicyclic) bond motifs is 3. The number of anilines is 4. The first-order chi connectivity index (χ1) is 65.0. The van der Waals surface area contributed by atoms with Crippen molar-refractivity contribution in [3.05, 3.63) is 259 Å². The van der Waals surface area contributed by atoms with Gasteiger partial charge in [0.25, 0.3) is 0 Å². The summed E-state index contributed by atoms with van der Waals surface area (Å²) in [6.45, 7) is 34.4. The van der Waals surface area contributed by atoms with E-state index in [1.165, 1.54) is 4.57 Å². The highest BCUT2D eigenvalue weighted by Gasteiger charge is 2.31. The molecule has 4 aliphatic rings. The monoisotopic (exact) mass is 1910 g/mol. The van der Waals surface area contributed by atoms with Crippen LogP contribution in [0.15, 0.2) is 210 Å². The quantitative estimate of drug-likeness (QED) is 0.0334. The van der Waals surface area contributed by atoms with E-state index in [-0.39, 0.29) is 51.6 Å². The zero-order valence-corrected chi connectivity index (χ0v) is 78.8. The molecule has 14 aromatic rings. The van der Waals surface area contributed by atoms with E-state index in [4.69, 9.17) is 64.2 Å². The first-order valence-electron chi connectivity index (χ1n) is 44.5. The van der Waals surface area contributed by atoms with Crippen LogP contribution in [0, 0.1) is 20.8 Å². The second kappa shape index (κ2) is 47.4. The zero-order valence-electron chi connectivity index (χ0n) is 78.1. The Morgan fingerprint density at radius 3 is 1.12 bits per heavy atom. The largest absolute Gasteiger partial charge is 0.488 e. The number of aromatic amines is 1. The Kier molecular flexibility index (Phi) is 35.8. The second-order valence-electron chi connectivity index (χ2n) is 35.3. The molecule has 0 radical (unpaired) electrons. The summed E-state index contributed by atoms with van der Waals surface area (Å²) in [7, 11) is -1.46. The number of carbonyl (C=O) groups excluding carboxylic acids is 3. The van der Waals surface area contributed by atoms with E-state index in [1.54, 1.807) is 92.6 Å². The Morgan fingerprint density at radius 2 is 0.746 bits per heavy atom. The van der Waals surface area contributed by atoms with Gasteiger partial charge in [0, 0.05) is 163 Å². The number of halogens is 1. The van der Waals surface area contributed by atoms with Gasteiger partial charge in [-0.2, -0.15) is 0 Å². The molecular weight excluding hydrogens is 1790 g/mol. The number of H-pyrrole nitrogens is 1. The van der Waals surface area contributed by atoms with Crippen molar-refractivity contribution in [3.8, 4) is 34.2 Å². The van der Waals surface area contributed by atoms with Gasteiger partial charge >= 0.3 is 42.7 Å². The molecule has 38 nitrogen and oxygen atoms in total. The predicted molar refractivity (Wildman–Crippen MR) is 530 cm³/mol. The van der Waals surface area contributed by atoms with Crippen LogP contribution in [0.25, 0.3) is 67.9 Å². The van der Waals surface area contributed by atoms with Crippen molar-refractivity contribution in [1.82, 2.24) is 89.0 Å². The van der Waals surface area contributed by atoms with Crippen LogP contribution in [-0.4, -0.2) is 251 Å². The van der Waals surface area contributed by atoms with E-state index in [0.29, 0.717) is 154 Å². The van der Waals surface area contributed by atoms with E-state index in [2.05, 4.69) is 74.8 Å². The van der Waals surface area contributed by atoms with Gasteiger partial charge in [-0.1, -0.05) is 93.7 Å². The summed E-state index contributed by atoms with van der Waals surface area (Å²) in [6.07, 6.45) is 6.08. The lowest BCUT2D eigenvalue weighted by atomic mass is 9.80. The molecule has 0 bridgehead atoms. The van der Waals surface area contributed by atoms with Crippen molar-refractivity contribution >= 4 is 99.4 Å². The van der Waals surface area contributed by atoms with Crippen molar-refractivity contribution < 1.29 is 62.1 Å². The molecule has 3 amide bonds. The number of rotatable bonds is 14. The lowest BCUT2D eigenvalue weighted by molar-refractivity contribution is 0.0230. The summed E-state index contributed by atoms with van der Waals surface area (Å²) in [4.78, 5) is 137. The molecule has 0 aliphatic carbocycles. The fourth-order valence-electron chi connectivity index (χ4n) is 14.7. The third-order valence-corrected chi connectivity index (χ3v) is 21.5. The van der Waals surface area contributed by atoms with Crippen molar-refractivity contribution in [3.63, 3.8) is 0 Å². The van der Waals surface area contributed by atoms with E-state index in [9.17, 15) is 33.9 Å². The Bertz CT molecular complexity index is 6620. The smallest absolute Gasteiger partial charge is 0.444 e. The van der Waals surface area contributed by atoms with Crippen LogP contribution >= 0.6 is 11.6 Å². The van der Waals surface area contributed by atoms with Crippen LogP contribution in [0.3, 0.4) is 0 Å². The molecule has 0 unspecified atom stereocenters. The molecule has 18 rings (SSSR count). The van der Waals surface area contributed by atoms with Crippen LogP contribution in [0.1, 0.15) is 117 Å². The maximum absolute atomic E-state index is 12.5. The number of aliphatic hydroxyl groups excluding tert-OH is 2. The SMILES string of the molecule is C.C.CC(C)(C)OC(=O)N1CCN(c2ccnc(-c3cccc(CO)c3)n2)CC1.CC(C)(C)OC(=O)N1CCN(c2ccnc(Cl)n2)CC1.Cc1ccc2oc(=O)[nH]c2n1.Cc1ccc2oc(=O)n(Cc3cccc(-c4nccc(N5CCN(C(=O)OC(C)(C)C)CC5)n4)c3)c2n1.Cc1ccc2oc(=O)n(Cc3cccc(-c4nccc(N5CCNCC5)n4)c3)c2n1.OCc1cccc(B(O)O)c1. The van der Waals surface area contributed by atoms with Gasteiger partial charge in [0.15, 0.2) is 51.2 Å². The van der Waals surface area contributed by atoms with E-state index >= 15 is 0 Å². The topological polar surface area (TPSA) is 453 Å². The van der Waals surface area contributed by atoms with Gasteiger partial charge < -0.3 is 87.3 Å². The highest BCUT2D eigenvalue weighted by molar-refractivity contribution is 6.58. The van der Waals surface area contributed by atoms with Crippen molar-refractivity contribution in [2.75, 3.05) is 124 Å². The third kappa shape index (κ3) is 29.3. The number of carbonyl (C=O) groups is 3. The summed E-state index contributed by atoms with van der Waals surface area (Å²) in [5.74, 6) is 3.92. The fraction of sp³-hybridized carbons (Fsp3) is 0.378. The number of aliphatic hydroxyl groups is 2. The van der Waals surface area contributed by atoms with Gasteiger partial charge in [0.1, 0.15) is 40.1 Å². The van der Waals surface area contributed by atoms with Crippen LogP contribution < -0.4 is 47.6 Å². The molecule has 6 N–H and O–H groups in total. The number of pyridine rings is 3. The Morgan fingerprint density at radius 1 is 0.406 bits per heavy atom. The summed E-state index contributed by atoms with van der Waals surface area (Å²) < 4.78 is 34.8. The molecule has 4 aromatic carbocycles. The highest BCUT2D eigenvalue weighted by Crippen LogP contribution is 2.28. The lowest BCUT2D eigenvalue weighted by Crippen LogP contribution is -2.50. The number of nitrogens with zero attached hydrogens (tertiary/aromatic N) is 20. The van der Waals surface area contributed by atoms with Crippen molar-refractivity contribution in [2.24, 2.45) is 0 Å². The summed E-state index contributed by atoms with van der Waals surface area (Å²) >= 11 is 5.78. The Labute approximate surface area is 804 Å². The fourth-order valence-corrected chi connectivity index (χ4v) is 14.8. The minimum Gasteiger partial charge on any atom is -0.444 e. The third-order valence-electron chi connectivity index (χ3n) is 21.3. The molecule has 728 valence electrons. The molecule has 4 fully saturated rings. The average Bonchev–Trinajstić information content (AvgIpc) is 1.64. The van der Waals surface area contributed by atoms with Gasteiger partial charge in [0.05, 0.1) is 26.3 Å². The maximum atomic E-state index is 12.5. The molecule has 14 heterocycles. The predicted octanol–water partition coefficient (Wildman–Crippen LogP) is 11.9. The molecular formula is C98H120BClN22O16. The molecule has 0 saturated carbocycles. The number of oxazole rings is 3. The summed E-state index contributed by atoms with van der Waals surface area (Å²) in [5.41, 5.74) is 10.5. The standard InChI is InChI=1S/C27H30N6O4.C22H22N6O2.C20H26N4O3.C13H19ClN4O2.C7H9BO3.C7H6N2O2.2CH4/c1-18-8-9-21-24(29-18)33(26(35)36-21)17-19-6-5-7-20(16-19)23-28-11-10-22(30-23)31-12-14-32(15-13-31)25(34)37-27(2,3)4;1-15-5-6-18-21(25-15)28(22(29)30-18)14-16-3-2-4-17(13-16)20-24-8-7-19(26-20)27-11-9-23-10-12-27;1-20(2,3)27-19(26)24-11-9-23(10-12-24)17-7-8-21-18(22-17)16-6-4-5-15(13-16)14-25;1-13(2,3)20-12(19)18-8-6-17(7-9-18)10-4-5-15-11(14)16-10;9-5-6-2-1-3-7(4-6)8(10)11;1-4-2-3-5-6(8-4)9-7(10)11-5;;/h5-11,16H,12-15,17H2,1-4H3;2-8,13,23H,9-12,14H2,1H3;4-8,13,25H,9-12,14H2,1-3H3;4-5H,6-9H2,1-3H3;1-4,9-11H,5H2;2-3H,1H3,(H,8,9,10);2*1H4. The maximum Gasteiger partial charge on any atom is 0.488 e. The number of ether oxygens (including phenoxy) is 3. The Hall–Kier alpha value is -14.4. The first-order valence-corrected chi connectivity index (χ1v) is 44.9. The van der Waals surface area contributed by atoms with Crippen LogP contribution in [0.4, 0.5) is 37.7 Å². The first kappa shape index (κ1) is 104. The minimum atomic E-state index is -1.46. The zero-order chi connectivity index (χ0) is 97.0. The van der Waals surface area contributed by atoms with Gasteiger partial charge in [-0.25, -0.2) is 83.6 Å². The highest BCUT2D eigenvalue weighted by atomic mass is 35.5. The van der Waals surface area contributed by atoms with Gasteiger partial charge in [-0.05, 0) is 201 Å². The number of aryl methyl sites for hydroxylation is 3. The van der Waals surface area contributed by atoms with E-state index in [0.717, 1.165) is 99.9 Å². The van der Waals surface area contributed by atoms with Gasteiger partial charge in [0.2, 0.25) is 5.28 Å². The number of aromatic nitrogens is 14. The Balaban J connectivity index is 0.000000165. The molecule has 10 aromatic heterocycles. The van der Waals surface area contributed by atoms with Crippen LogP contribution in [0.2, 0.25) is 5.28 Å². The van der Waals surface area contributed by atoms with E-state index in [1.807, 2.05) is 192 Å². The van der Waals surface area contributed by atoms with Crippen LogP contribution in [-0.2, 0) is 40.5 Å². The molecule has 138 heavy (non-hydrogen) atoms. The number of nitrogens with one attached hydrogen (secondary N) is 2. The second-order valence-corrected chi connectivity index (χ2v) is 35.6. The number of piperazine rings is 4. The number of amides is 3. The normalized spacial score (nSPS) is 13.8. The molecule has 0 spiro atoms. The molecule has 0 atom stereocenters. The minimum absolute atomic E-state index is 0. The average molecular weight is 1910 g/mol. The number of hydrogen-bond acceptors (Lipinski definition) is 32. The van der Waals surface area contributed by atoms with Crippen molar-refractivity contribution in [2.45, 2.75) is 141 Å². The number of hydrogen-bond donors (Lipinski definition) is 6. The molecule has 4 saturated heterocycles. The molecule has 40 heteroatoms. The lowest BCUT2D eigenvalue weighted by Gasteiger charge is -2.36. The summed E-state index contributed by atoms with van der Waals surface area (Å²) in [6, 6.07) is 48.0. The van der Waals surface area contributed by atoms with E-state index < -0.39 is 41.2 Å². The van der Waals surface area contributed by atoms with Gasteiger partial charge in [-0.3, -0.25) is 14.1 Å².